The van der Waals surface area contributed by atoms with E-state index in [0.717, 1.165) is 59.3 Å². The van der Waals surface area contributed by atoms with Crippen molar-refractivity contribution in [2.75, 3.05) is 13.7 Å². The molecule has 27 heavy (non-hydrogen) atoms. The highest BCUT2D eigenvalue weighted by Gasteiger charge is 2.18. The number of aldehydes is 1. The largest absolute Gasteiger partial charge is 0.497 e. The number of unbranched alkanes of at least 4 members (excludes halogenated alkanes) is 1. The molecule has 1 heterocycles. The summed E-state index contributed by atoms with van der Waals surface area (Å²) in [6.45, 7) is 0.759. The smallest absolute Gasteiger partial charge is 0.120 e. The second-order valence-electron chi connectivity index (χ2n) is 6.43. The Morgan fingerprint density at radius 3 is 2.96 bits per heavy atom. The van der Waals surface area contributed by atoms with E-state index in [1.165, 1.54) is 0 Å². The van der Waals surface area contributed by atoms with E-state index in [-0.39, 0.29) is 0 Å². The molecule has 1 aromatic carbocycles. The topological polar surface area (TPSA) is 67.0 Å². The Morgan fingerprint density at radius 2 is 2.22 bits per heavy atom. The Balaban J connectivity index is 1.97. The fraction of sp³-hybridized carbons (Fsp3) is 0.273. The van der Waals surface area contributed by atoms with Gasteiger partial charge in [-0.25, -0.2) is 0 Å². The molecule has 0 saturated heterocycles. The van der Waals surface area contributed by atoms with Crippen LogP contribution in [0.15, 0.2) is 48.2 Å². The summed E-state index contributed by atoms with van der Waals surface area (Å²) in [5.74, 6) is 0.774. The number of aryl methyl sites for hydroxylation is 1. The molecule has 138 valence electrons. The molecule has 1 aliphatic carbocycles. The SMILES string of the molecule is COc1ccc2c(C#N)c(C3=CC=C(NCCCC=O)C=CC3)n(C)c2c1. The van der Waals surface area contributed by atoms with Crippen LogP contribution in [0.1, 0.15) is 30.5 Å². The zero-order chi connectivity index (χ0) is 19.2. The van der Waals surface area contributed by atoms with Gasteiger partial charge in [-0.1, -0.05) is 12.2 Å². The number of nitrogens with one attached hydrogen (secondary N) is 1. The van der Waals surface area contributed by atoms with Crippen LogP contribution in [-0.2, 0) is 11.8 Å². The van der Waals surface area contributed by atoms with Crippen LogP contribution in [-0.4, -0.2) is 24.5 Å². The van der Waals surface area contributed by atoms with Crippen LogP contribution < -0.4 is 10.1 Å². The summed E-state index contributed by atoms with van der Waals surface area (Å²) in [6.07, 6.45) is 11.3. The van der Waals surface area contributed by atoms with Crippen LogP contribution in [0.3, 0.4) is 0 Å². The first-order chi connectivity index (χ1) is 13.2. The summed E-state index contributed by atoms with van der Waals surface area (Å²) < 4.78 is 7.39. The Bertz CT molecular complexity index is 987. The van der Waals surface area contributed by atoms with Crippen molar-refractivity contribution in [3.05, 3.63) is 59.5 Å². The standard InChI is InChI=1S/C22H23N3O2/c1-25-21-14-18(27-2)10-11-19(21)20(15-23)22(25)16-6-5-7-17(9-8-16)24-12-3-4-13-26/h5,7-11,13-14,24H,3-4,6,12H2,1-2H3. The van der Waals surface area contributed by atoms with E-state index in [2.05, 4.69) is 28.1 Å². The van der Waals surface area contributed by atoms with Gasteiger partial charge in [0, 0.05) is 37.2 Å². The molecule has 2 aromatic rings. The van der Waals surface area contributed by atoms with Crippen molar-refractivity contribution in [3.63, 3.8) is 0 Å². The van der Waals surface area contributed by atoms with E-state index in [1.54, 1.807) is 7.11 Å². The number of carbonyl (C=O) groups is 1. The minimum atomic E-state index is 0.565. The number of rotatable bonds is 7. The summed E-state index contributed by atoms with van der Waals surface area (Å²) in [5.41, 5.74) is 4.70. The van der Waals surface area contributed by atoms with Crippen molar-refractivity contribution in [2.45, 2.75) is 19.3 Å². The van der Waals surface area contributed by atoms with Crippen LogP contribution in [0.5, 0.6) is 5.75 Å². The van der Waals surface area contributed by atoms with Crippen LogP contribution in [0.25, 0.3) is 16.5 Å². The highest BCUT2D eigenvalue weighted by molar-refractivity contribution is 5.94. The van der Waals surface area contributed by atoms with E-state index in [4.69, 9.17) is 4.74 Å². The zero-order valence-corrected chi connectivity index (χ0v) is 15.7. The van der Waals surface area contributed by atoms with Gasteiger partial charge in [-0.15, -0.1) is 0 Å². The lowest BCUT2D eigenvalue weighted by Gasteiger charge is -2.07. The Morgan fingerprint density at radius 1 is 1.37 bits per heavy atom. The van der Waals surface area contributed by atoms with Gasteiger partial charge in [0.1, 0.15) is 18.1 Å². The first-order valence-electron chi connectivity index (χ1n) is 9.01. The Kier molecular flexibility index (Phi) is 5.77. The minimum Gasteiger partial charge on any atom is -0.497 e. The fourth-order valence-electron chi connectivity index (χ4n) is 3.37. The maximum atomic E-state index is 10.4. The van der Waals surface area contributed by atoms with Gasteiger partial charge in [0.25, 0.3) is 0 Å². The number of carbonyl (C=O) groups excluding carboxylic acids is 1. The first-order valence-corrected chi connectivity index (χ1v) is 9.01. The van der Waals surface area contributed by atoms with Gasteiger partial charge in [0.15, 0.2) is 0 Å². The molecule has 0 unspecified atom stereocenters. The molecule has 0 fully saturated rings. The predicted octanol–water partition coefficient (Wildman–Crippen LogP) is 3.85. The van der Waals surface area contributed by atoms with Gasteiger partial charge in [-0.3, -0.25) is 0 Å². The second kappa shape index (κ2) is 8.41. The molecular weight excluding hydrogens is 338 g/mol. The lowest BCUT2D eigenvalue weighted by molar-refractivity contribution is -0.107. The summed E-state index contributed by atoms with van der Waals surface area (Å²) in [5, 5.41) is 14.0. The average Bonchev–Trinajstić information content (AvgIpc) is 2.83. The number of hydrogen-bond acceptors (Lipinski definition) is 4. The number of aromatic nitrogens is 1. The van der Waals surface area contributed by atoms with Crippen LogP contribution >= 0.6 is 0 Å². The number of methoxy groups -OCH3 is 1. The number of benzene rings is 1. The Hall–Kier alpha value is -3.26. The third kappa shape index (κ3) is 3.80. The number of ether oxygens (including phenoxy) is 1. The number of fused-ring (bicyclic) bond motifs is 1. The normalized spacial score (nSPS) is 13.5. The van der Waals surface area contributed by atoms with E-state index in [0.29, 0.717) is 12.0 Å². The summed E-state index contributed by atoms with van der Waals surface area (Å²) in [4.78, 5) is 10.4. The molecule has 0 saturated carbocycles. The van der Waals surface area contributed by atoms with Crippen LogP contribution in [0, 0.1) is 11.3 Å². The zero-order valence-electron chi connectivity index (χ0n) is 15.7. The Labute approximate surface area is 159 Å². The van der Waals surface area contributed by atoms with Crippen molar-refractivity contribution in [1.82, 2.24) is 9.88 Å². The summed E-state index contributed by atoms with van der Waals surface area (Å²) >= 11 is 0. The van der Waals surface area contributed by atoms with Crippen molar-refractivity contribution >= 4 is 22.8 Å². The van der Waals surface area contributed by atoms with Crippen molar-refractivity contribution in [3.8, 4) is 11.8 Å². The average molecular weight is 361 g/mol. The van der Waals surface area contributed by atoms with Gasteiger partial charge in [-0.05, 0) is 42.7 Å². The van der Waals surface area contributed by atoms with Crippen LogP contribution in [0.4, 0.5) is 0 Å². The molecule has 1 N–H and O–H groups in total. The molecule has 0 bridgehead atoms. The molecule has 0 amide bonds. The second-order valence-corrected chi connectivity index (χ2v) is 6.43. The van der Waals surface area contributed by atoms with E-state index in [9.17, 15) is 10.1 Å². The third-order valence-electron chi connectivity index (χ3n) is 4.75. The molecule has 0 spiro atoms. The van der Waals surface area contributed by atoms with Gasteiger partial charge >= 0.3 is 0 Å². The van der Waals surface area contributed by atoms with Crippen molar-refractivity contribution in [2.24, 2.45) is 7.05 Å². The molecule has 0 atom stereocenters. The number of allylic oxidation sites excluding steroid dienone is 5. The molecule has 5 nitrogen and oxygen atoms in total. The monoisotopic (exact) mass is 361 g/mol. The first kappa shape index (κ1) is 18.5. The summed E-state index contributed by atoms with van der Waals surface area (Å²) in [7, 11) is 3.62. The highest BCUT2D eigenvalue weighted by Crippen LogP contribution is 2.34. The molecule has 0 radical (unpaired) electrons. The molecule has 1 aromatic heterocycles. The molecular formula is C22H23N3O2. The number of nitriles is 1. The van der Waals surface area contributed by atoms with Crippen molar-refractivity contribution < 1.29 is 9.53 Å². The van der Waals surface area contributed by atoms with Crippen molar-refractivity contribution in [1.29, 1.82) is 5.26 Å². The molecule has 3 rings (SSSR count). The molecule has 0 aliphatic heterocycles. The lowest BCUT2D eigenvalue weighted by atomic mass is 10.0. The maximum absolute atomic E-state index is 10.4. The molecule has 5 heteroatoms. The number of nitrogens with zero attached hydrogens (tertiary/aromatic N) is 2. The predicted molar refractivity (Wildman–Crippen MR) is 107 cm³/mol. The quantitative estimate of drug-likeness (QED) is 0.601. The fourth-order valence-corrected chi connectivity index (χ4v) is 3.37. The lowest BCUT2D eigenvalue weighted by Crippen LogP contribution is -2.13. The highest BCUT2D eigenvalue weighted by atomic mass is 16.5. The maximum Gasteiger partial charge on any atom is 0.120 e. The minimum absolute atomic E-state index is 0.565. The number of hydrogen-bond donors (Lipinski definition) is 1. The van der Waals surface area contributed by atoms with E-state index < -0.39 is 0 Å². The van der Waals surface area contributed by atoms with Gasteiger partial charge in [0.05, 0.1) is 23.9 Å². The van der Waals surface area contributed by atoms with E-state index >= 15 is 0 Å². The van der Waals surface area contributed by atoms with Gasteiger partial charge in [0.2, 0.25) is 0 Å². The third-order valence-corrected chi connectivity index (χ3v) is 4.75. The summed E-state index contributed by atoms with van der Waals surface area (Å²) in [6, 6.07) is 8.17. The van der Waals surface area contributed by atoms with Crippen LogP contribution in [0.2, 0.25) is 0 Å². The van der Waals surface area contributed by atoms with Gasteiger partial charge in [-0.2, -0.15) is 5.26 Å². The molecule has 1 aliphatic rings. The van der Waals surface area contributed by atoms with Gasteiger partial charge < -0.3 is 19.4 Å². The van der Waals surface area contributed by atoms with E-state index in [1.807, 2.05) is 37.4 Å².